The first-order chi connectivity index (χ1) is 10.3. The van der Waals surface area contributed by atoms with Crippen LogP contribution in [0.1, 0.15) is 51.4 Å². The van der Waals surface area contributed by atoms with Gasteiger partial charge in [-0.1, -0.05) is 29.4 Å². The van der Waals surface area contributed by atoms with Crippen molar-refractivity contribution in [3.8, 4) is 0 Å². The molecule has 2 nitrogen and oxygen atoms in total. The van der Waals surface area contributed by atoms with E-state index in [0.29, 0.717) is 11.2 Å². The van der Waals surface area contributed by atoms with Gasteiger partial charge in [-0.2, -0.15) is 0 Å². The first-order valence-corrected chi connectivity index (χ1v) is 9.02. The van der Waals surface area contributed by atoms with Gasteiger partial charge in [-0.3, -0.25) is 0 Å². The van der Waals surface area contributed by atoms with Crippen LogP contribution in [0.4, 0.5) is 0 Å². The van der Waals surface area contributed by atoms with Crippen molar-refractivity contribution in [3.05, 3.63) is 34.3 Å². The maximum atomic E-state index is 11.9. The van der Waals surface area contributed by atoms with Crippen molar-refractivity contribution in [2.24, 2.45) is 5.92 Å². The Morgan fingerprint density at radius 1 is 1.10 bits per heavy atom. The summed E-state index contributed by atoms with van der Waals surface area (Å²) in [7, 11) is 1.48. The highest BCUT2D eigenvalue weighted by atomic mass is 32.2. The summed E-state index contributed by atoms with van der Waals surface area (Å²) in [5, 5.41) is 0.434. The summed E-state index contributed by atoms with van der Waals surface area (Å²) >= 11 is 1.73. The molecule has 0 aromatic rings. The summed E-state index contributed by atoms with van der Waals surface area (Å²) in [4.78, 5) is 12.7. The summed E-state index contributed by atoms with van der Waals surface area (Å²) in [5.74, 6) is 0.245. The molecule has 0 saturated carbocycles. The van der Waals surface area contributed by atoms with Gasteiger partial charge in [0.05, 0.1) is 12.0 Å². The predicted molar refractivity (Wildman–Crippen MR) is 88.1 cm³/mol. The number of thioether (sulfide) groups is 1. The number of allylic oxidation sites excluding steroid dienone is 4. The Bertz CT molecular complexity index is 501. The summed E-state index contributed by atoms with van der Waals surface area (Å²) in [5.41, 5.74) is 3.10. The van der Waals surface area contributed by atoms with Crippen molar-refractivity contribution in [1.82, 2.24) is 0 Å². The molecule has 0 saturated heterocycles. The molecule has 114 valence electrons. The summed E-state index contributed by atoms with van der Waals surface area (Å²) in [6.07, 6.45) is 17.0. The van der Waals surface area contributed by atoms with E-state index >= 15 is 0 Å². The smallest absolute Gasteiger partial charge is 0.344 e. The maximum absolute atomic E-state index is 11.9. The maximum Gasteiger partial charge on any atom is 0.344 e. The Morgan fingerprint density at radius 2 is 1.76 bits per heavy atom. The second-order valence-corrected chi connectivity index (χ2v) is 7.32. The van der Waals surface area contributed by atoms with Gasteiger partial charge in [0, 0.05) is 11.2 Å². The van der Waals surface area contributed by atoms with Gasteiger partial charge >= 0.3 is 5.97 Å². The number of carbonyl (C=O) groups excluding carboxylic acids is 1. The number of ether oxygens (including phenoxy) is 1. The molecule has 3 rings (SSSR count). The zero-order valence-electron chi connectivity index (χ0n) is 12.8. The molecule has 0 bridgehead atoms. The molecule has 0 amide bonds. The lowest BCUT2D eigenvalue weighted by Crippen LogP contribution is -2.19. The Hall–Kier alpha value is -0.960. The minimum atomic E-state index is -0.166. The molecule has 0 radical (unpaired) electrons. The Kier molecular flexibility index (Phi) is 4.89. The van der Waals surface area contributed by atoms with Crippen molar-refractivity contribution < 1.29 is 9.53 Å². The summed E-state index contributed by atoms with van der Waals surface area (Å²) in [6.45, 7) is 0. The SMILES string of the molecule is COC(=O)C1=C[C@H](C2=CCCCC2)[C@@H](C2=CCCCC2)S1. The average Bonchev–Trinajstić information content (AvgIpc) is 3.01. The molecular formula is C18H24O2S. The zero-order chi connectivity index (χ0) is 14.7. The lowest BCUT2D eigenvalue weighted by Gasteiger charge is -2.27. The van der Waals surface area contributed by atoms with Gasteiger partial charge in [0.25, 0.3) is 0 Å². The molecule has 1 heterocycles. The number of carbonyl (C=O) groups is 1. The van der Waals surface area contributed by atoms with Crippen LogP contribution < -0.4 is 0 Å². The van der Waals surface area contributed by atoms with Crippen LogP contribution in [0.3, 0.4) is 0 Å². The molecule has 1 aliphatic heterocycles. The van der Waals surface area contributed by atoms with E-state index < -0.39 is 0 Å². The lowest BCUT2D eigenvalue weighted by molar-refractivity contribution is -0.135. The molecule has 3 aliphatic rings. The van der Waals surface area contributed by atoms with Crippen LogP contribution in [0, 0.1) is 5.92 Å². The van der Waals surface area contributed by atoms with Crippen LogP contribution in [-0.2, 0) is 9.53 Å². The minimum Gasteiger partial charge on any atom is -0.465 e. The number of methoxy groups -OCH3 is 1. The quantitative estimate of drug-likeness (QED) is 0.554. The molecule has 3 heteroatoms. The highest BCUT2D eigenvalue weighted by Gasteiger charge is 2.36. The number of esters is 1. The van der Waals surface area contributed by atoms with Gasteiger partial charge in [-0.25, -0.2) is 4.79 Å². The molecule has 0 aromatic heterocycles. The molecule has 0 fully saturated rings. The summed E-state index contributed by atoms with van der Waals surface area (Å²) in [6, 6.07) is 0. The Labute approximate surface area is 131 Å². The van der Waals surface area contributed by atoms with Gasteiger partial charge in [0.1, 0.15) is 0 Å². The second-order valence-electron chi connectivity index (χ2n) is 6.14. The van der Waals surface area contributed by atoms with E-state index in [2.05, 4.69) is 18.2 Å². The van der Waals surface area contributed by atoms with E-state index in [-0.39, 0.29) is 5.97 Å². The van der Waals surface area contributed by atoms with Crippen LogP contribution in [0.25, 0.3) is 0 Å². The highest BCUT2D eigenvalue weighted by Crippen LogP contribution is 2.47. The number of hydrogen-bond donors (Lipinski definition) is 0. The van der Waals surface area contributed by atoms with E-state index in [4.69, 9.17) is 4.74 Å². The van der Waals surface area contributed by atoms with Crippen LogP contribution >= 0.6 is 11.8 Å². The highest BCUT2D eigenvalue weighted by molar-refractivity contribution is 8.05. The normalized spacial score (nSPS) is 29.5. The third-order valence-electron chi connectivity index (χ3n) is 4.74. The van der Waals surface area contributed by atoms with E-state index in [9.17, 15) is 4.79 Å². The molecule has 0 unspecified atom stereocenters. The van der Waals surface area contributed by atoms with E-state index in [1.807, 2.05) is 0 Å². The largest absolute Gasteiger partial charge is 0.465 e. The third kappa shape index (κ3) is 3.28. The van der Waals surface area contributed by atoms with Gasteiger partial charge in [-0.05, 0) is 51.4 Å². The monoisotopic (exact) mass is 304 g/mol. The number of hydrogen-bond acceptors (Lipinski definition) is 3. The fraction of sp³-hybridized carbons (Fsp3) is 0.611. The fourth-order valence-corrected chi connectivity index (χ4v) is 5.06. The van der Waals surface area contributed by atoms with Gasteiger partial charge in [-0.15, -0.1) is 11.8 Å². The van der Waals surface area contributed by atoms with Crippen molar-refractivity contribution in [3.63, 3.8) is 0 Å². The van der Waals surface area contributed by atoms with Crippen molar-refractivity contribution >= 4 is 17.7 Å². The Balaban J connectivity index is 1.85. The molecule has 21 heavy (non-hydrogen) atoms. The van der Waals surface area contributed by atoms with E-state index in [1.54, 1.807) is 22.9 Å². The molecule has 0 aromatic carbocycles. The second kappa shape index (κ2) is 6.87. The van der Waals surface area contributed by atoms with Crippen molar-refractivity contribution in [1.29, 1.82) is 0 Å². The molecule has 0 N–H and O–H groups in total. The predicted octanol–water partition coefficient (Wildman–Crippen LogP) is 4.78. The van der Waals surface area contributed by atoms with Gasteiger partial charge in [0.2, 0.25) is 0 Å². The average molecular weight is 304 g/mol. The molecule has 2 atom stereocenters. The third-order valence-corrected chi connectivity index (χ3v) is 6.15. The van der Waals surface area contributed by atoms with Crippen molar-refractivity contribution in [2.45, 2.75) is 56.6 Å². The lowest BCUT2D eigenvalue weighted by atomic mass is 9.82. The van der Waals surface area contributed by atoms with Crippen LogP contribution in [0.15, 0.2) is 34.3 Å². The fourth-order valence-electron chi connectivity index (χ4n) is 3.61. The first-order valence-electron chi connectivity index (χ1n) is 8.14. The first kappa shape index (κ1) is 15.0. The van der Waals surface area contributed by atoms with E-state index in [0.717, 1.165) is 4.91 Å². The van der Waals surface area contributed by atoms with Gasteiger partial charge in [0.15, 0.2) is 0 Å². The topological polar surface area (TPSA) is 26.3 Å². The van der Waals surface area contributed by atoms with E-state index in [1.165, 1.54) is 58.5 Å². The zero-order valence-corrected chi connectivity index (χ0v) is 13.6. The molecular weight excluding hydrogens is 280 g/mol. The Morgan fingerprint density at radius 3 is 2.33 bits per heavy atom. The minimum absolute atomic E-state index is 0.166. The van der Waals surface area contributed by atoms with Crippen molar-refractivity contribution in [2.75, 3.05) is 7.11 Å². The standard InChI is InChI=1S/C18H24O2S/c1-20-18(19)16-12-15(13-8-4-2-5-9-13)17(21-16)14-10-6-3-7-11-14/h8,10,12,15,17H,2-7,9,11H2,1H3/t15-,17-/m1/s1. The number of rotatable bonds is 3. The van der Waals surface area contributed by atoms with Crippen LogP contribution in [0.2, 0.25) is 0 Å². The molecule has 0 spiro atoms. The van der Waals surface area contributed by atoms with Crippen LogP contribution in [-0.4, -0.2) is 18.3 Å². The molecule has 2 aliphatic carbocycles. The van der Waals surface area contributed by atoms with Crippen LogP contribution in [0.5, 0.6) is 0 Å². The van der Waals surface area contributed by atoms with Gasteiger partial charge < -0.3 is 4.74 Å². The summed E-state index contributed by atoms with van der Waals surface area (Å²) < 4.78 is 4.94.